The van der Waals surface area contributed by atoms with Crippen molar-refractivity contribution in [1.29, 1.82) is 0 Å². The number of rotatable bonds is 3. The van der Waals surface area contributed by atoms with Gasteiger partial charge in [-0.05, 0) is 33.6 Å². The lowest BCUT2D eigenvalue weighted by Crippen LogP contribution is -2.08. The minimum atomic E-state index is 0.260. The zero-order chi connectivity index (χ0) is 9.84. The van der Waals surface area contributed by atoms with Crippen molar-refractivity contribution < 1.29 is 4.84 Å². The molecule has 0 fully saturated rings. The van der Waals surface area contributed by atoms with E-state index >= 15 is 0 Å². The van der Waals surface area contributed by atoms with Crippen molar-refractivity contribution in [3.8, 4) is 0 Å². The summed E-state index contributed by atoms with van der Waals surface area (Å²) in [5.74, 6) is 5.25. The third-order valence-corrected chi connectivity index (χ3v) is 3.09. The molecule has 0 radical (unpaired) electrons. The second-order valence-electron chi connectivity index (χ2n) is 2.91. The molecule has 4 heteroatoms. The van der Waals surface area contributed by atoms with Crippen molar-refractivity contribution in [2.24, 2.45) is 5.90 Å². The van der Waals surface area contributed by atoms with Crippen LogP contribution in [0.5, 0.6) is 0 Å². The lowest BCUT2D eigenvalue weighted by molar-refractivity contribution is 0.126. The fourth-order valence-electron chi connectivity index (χ4n) is 1.06. The third-order valence-electron chi connectivity index (χ3n) is 1.86. The Bertz CT molecular complexity index is 293. The second kappa shape index (κ2) is 4.96. The van der Waals surface area contributed by atoms with Crippen LogP contribution in [-0.4, -0.2) is 6.61 Å². The van der Waals surface area contributed by atoms with Crippen LogP contribution >= 0.6 is 27.5 Å². The predicted molar refractivity (Wildman–Crippen MR) is 57.7 cm³/mol. The summed E-state index contributed by atoms with van der Waals surface area (Å²) in [6.45, 7) is 2.53. The van der Waals surface area contributed by atoms with Crippen LogP contribution < -0.4 is 5.90 Å². The minimum Gasteiger partial charge on any atom is -0.304 e. The molecule has 2 nitrogen and oxygen atoms in total. The lowest BCUT2D eigenvalue weighted by atomic mass is 10.0. The van der Waals surface area contributed by atoms with E-state index in [2.05, 4.69) is 20.8 Å². The Hall–Kier alpha value is -0.0900. The Morgan fingerprint density at radius 3 is 2.85 bits per heavy atom. The summed E-state index contributed by atoms with van der Waals surface area (Å²) in [4.78, 5) is 4.57. The molecule has 1 rings (SSSR count). The molecule has 1 unspecified atom stereocenters. The van der Waals surface area contributed by atoms with Gasteiger partial charge in [0.15, 0.2) is 0 Å². The molecule has 0 saturated carbocycles. The van der Waals surface area contributed by atoms with Crippen molar-refractivity contribution in [3.63, 3.8) is 0 Å². The molecule has 0 aliphatic rings. The highest BCUT2D eigenvalue weighted by atomic mass is 79.9. The highest BCUT2D eigenvalue weighted by Gasteiger charge is 2.06. The van der Waals surface area contributed by atoms with Crippen molar-refractivity contribution in [3.05, 3.63) is 33.3 Å². The first kappa shape index (κ1) is 11.0. The number of benzene rings is 1. The molecule has 13 heavy (non-hydrogen) atoms. The standard InChI is InChI=1S/C9H11BrClNO/c1-6(5-13-12)7-2-3-8(10)9(11)4-7/h2-4,6H,5,12H2,1H3. The first-order valence-corrected chi connectivity index (χ1v) is 5.09. The monoisotopic (exact) mass is 263 g/mol. The van der Waals surface area contributed by atoms with E-state index in [9.17, 15) is 0 Å². The highest BCUT2D eigenvalue weighted by molar-refractivity contribution is 9.10. The van der Waals surface area contributed by atoms with Gasteiger partial charge in [-0.3, -0.25) is 0 Å². The van der Waals surface area contributed by atoms with Gasteiger partial charge >= 0.3 is 0 Å². The number of nitrogens with two attached hydrogens (primary N) is 1. The van der Waals surface area contributed by atoms with E-state index in [4.69, 9.17) is 17.5 Å². The third kappa shape index (κ3) is 2.95. The van der Waals surface area contributed by atoms with Crippen LogP contribution in [0.4, 0.5) is 0 Å². The van der Waals surface area contributed by atoms with Gasteiger partial charge in [0.05, 0.1) is 11.6 Å². The minimum absolute atomic E-state index is 0.260. The highest BCUT2D eigenvalue weighted by Crippen LogP contribution is 2.26. The maximum absolute atomic E-state index is 5.94. The van der Waals surface area contributed by atoms with Crippen molar-refractivity contribution in [1.82, 2.24) is 0 Å². The van der Waals surface area contributed by atoms with Crippen molar-refractivity contribution in [2.45, 2.75) is 12.8 Å². The number of halogens is 2. The molecule has 0 bridgehead atoms. The largest absolute Gasteiger partial charge is 0.304 e. The van der Waals surface area contributed by atoms with Crippen molar-refractivity contribution in [2.75, 3.05) is 6.61 Å². The quantitative estimate of drug-likeness (QED) is 0.852. The summed E-state index contributed by atoms with van der Waals surface area (Å²) in [6.07, 6.45) is 0. The Labute approximate surface area is 91.1 Å². The van der Waals surface area contributed by atoms with Gasteiger partial charge in [0, 0.05) is 10.4 Å². The molecule has 0 saturated heterocycles. The molecule has 0 amide bonds. The van der Waals surface area contributed by atoms with Crippen LogP contribution in [0.2, 0.25) is 5.02 Å². The van der Waals surface area contributed by atoms with Gasteiger partial charge < -0.3 is 4.84 Å². The van der Waals surface area contributed by atoms with Gasteiger partial charge in [-0.25, -0.2) is 5.90 Å². The predicted octanol–water partition coefficient (Wildman–Crippen LogP) is 3.10. The maximum atomic E-state index is 5.94. The van der Waals surface area contributed by atoms with E-state index in [0.29, 0.717) is 11.6 Å². The fraction of sp³-hybridized carbons (Fsp3) is 0.333. The smallest absolute Gasteiger partial charge is 0.0745 e. The molecule has 0 heterocycles. The molecule has 0 aromatic heterocycles. The topological polar surface area (TPSA) is 35.2 Å². The zero-order valence-corrected chi connectivity index (χ0v) is 9.60. The van der Waals surface area contributed by atoms with Gasteiger partial charge in [-0.1, -0.05) is 24.6 Å². The molecule has 0 spiro atoms. The molecule has 72 valence electrons. The Morgan fingerprint density at radius 2 is 2.31 bits per heavy atom. The van der Waals surface area contributed by atoms with E-state index < -0.39 is 0 Å². The van der Waals surface area contributed by atoms with Crippen LogP contribution in [0.3, 0.4) is 0 Å². The molecular weight excluding hydrogens is 253 g/mol. The van der Waals surface area contributed by atoms with Crippen LogP contribution in [0.15, 0.2) is 22.7 Å². The summed E-state index contributed by atoms with van der Waals surface area (Å²) in [7, 11) is 0. The van der Waals surface area contributed by atoms with Gasteiger partial charge in [-0.2, -0.15) is 0 Å². The molecule has 0 aliphatic heterocycles. The van der Waals surface area contributed by atoms with Gasteiger partial charge in [0.25, 0.3) is 0 Å². The summed E-state index contributed by atoms with van der Waals surface area (Å²) in [5.41, 5.74) is 1.12. The van der Waals surface area contributed by atoms with Gasteiger partial charge in [0.2, 0.25) is 0 Å². The number of hydrogen-bond donors (Lipinski definition) is 1. The lowest BCUT2D eigenvalue weighted by Gasteiger charge is -2.10. The van der Waals surface area contributed by atoms with Crippen LogP contribution in [0.1, 0.15) is 18.4 Å². The van der Waals surface area contributed by atoms with Crippen LogP contribution in [-0.2, 0) is 4.84 Å². The second-order valence-corrected chi connectivity index (χ2v) is 4.17. The molecule has 1 aromatic rings. The first-order valence-electron chi connectivity index (χ1n) is 3.91. The van der Waals surface area contributed by atoms with E-state index in [1.165, 1.54) is 0 Å². The molecular formula is C9H11BrClNO. The molecule has 2 N–H and O–H groups in total. The van der Waals surface area contributed by atoms with Crippen LogP contribution in [0, 0.1) is 0 Å². The van der Waals surface area contributed by atoms with Crippen LogP contribution in [0.25, 0.3) is 0 Å². The van der Waals surface area contributed by atoms with Crippen molar-refractivity contribution >= 4 is 27.5 Å². The zero-order valence-electron chi connectivity index (χ0n) is 7.26. The summed E-state index contributed by atoms with van der Waals surface area (Å²) in [5, 5.41) is 0.710. The van der Waals surface area contributed by atoms with E-state index in [1.807, 2.05) is 25.1 Å². The average Bonchev–Trinajstić information content (AvgIpc) is 2.10. The summed E-state index contributed by atoms with van der Waals surface area (Å²) >= 11 is 9.27. The van der Waals surface area contributed by atoms with Gasteiger partial charge in [-0.15, -0.1) is 0 Å². The fourth-order valence-corrected chi connectivity index (χ4v) is 1.50. The average molecular weight is 265 g/mol. The van der Waals surface area contributed by atoms with E-state index in [1.54, 1.807) is 0 Å². The summed E-state index contributed by atoms with van der Waals surface area (Å²) < 4.78 is 0.902. The Kier molecular flexibility index (Phi) is 4.19. The Morgan fingerprint density at radius 1 is 1.62 bits per heavy atom. The normalized spacial score (nSPS) is 12.9. The molecule has 1 aromatic carbocycles. The first-order chi connectivity index (χ1) is 6.15. The number of hydrogen-bond acceptors (Lipinski definition) is 2. The molecule has 1 atom stereocenters. The maximum Gasteiger partial charge on any atom is 0.0745 e. The molecule has 0 aliphatic carbocycles. The Balaban J connectivity index is 2.84. The van der Waals surface area contributed by atoms with E-state index in [-0.39, 0.29) is 5.92 Å². The SMILES string of the molecule is CC(CON)c1ccc(Br)c(Cl)c1. The van der Waals surface area contributed by atoms with E-state index in [0.717, 1.165) is 10.0 Å². The summed E-state index contributed by atoms with van der Waals surface area (Å²) in [6, 6.07) is 5.83. The van der Waals surface area contributed by atoms with Gasteiger partial charge in [0.1, 0.15) is 0 Å².